The molecule has 1 aliphatic heterocycles. The summed E-state index contributed by atoms with van der Waals surface area (Å²) in [6.07, 6.45) is 5.36. The van der Waals surface area contributed by atoms with Gasteiger partial charge in [0.15, 0.2) is 0 Å². The summed E-state index contributed by atoms with van der Waals surface area (Å²) in [7, 11) is 0. The van der Waals surface area contributed by atoms with Gasteiger partial charge in [0.05, 0.1) is 0 Å². The van der Waals surface area contributed by atoms with Crippen molar-refractivity contribution in [2.45, 2.75) is 79.3 Å². The molecule has 19 heavy (non-hydrogen) atoms. The summed E-state index contributed by atoms with van der Waals surface area (Å²) in [5.74, 6) is 0.746. The maximum atomic E-state index is 3.67. The standard InChI is InChI=1S/C17H36N2/c1-7-16-10-9-15(5)19(16)13-17(6,8-2)12-18-11-14(3)4/h14-16,18H,7-13H2,1-6H3. The van der Waals surface area contributed by atoms with E-state index in [2.05, 4.69) is 51.8 Å². The molecule has 1 heterocycles. The molecular weight excluding hydrogens is 232 g/mol. The molecule has 0 aliphatic carbocycles. The molecule has 0 saturated carbocycles. The van der Waals surface area contributed by atoms with Crippen LogP contribution in [0.2, 0.25) is 0 Å². The lowest BCUT2D eigenvalue weighted by molar-refractivity contribution is 0.112. The summed E-state index contributed by atoms with van der Waals surface area (Å²) in [6.45, 7) is 17.7. The van der Waals surface area contributed by atoms with E-state index >= 15 is 0 Å². The van der Waals surface area contributed by atoms with Gasteiger partial charge in [-0.15, -0.1) is 0 Å². The lowest BCUT2D eigenvalue weighted by atomic mass is 9.86. The number of nitrogens with one attached hydrogen (secondary N) is 1. The molecule has 0 aromatic heterocycles. The summed E-state index contributed by atoms with van der Waals surface area (Å²) in [4.78, 5) is 2.78. The molecule has 3 unspecified atom stereocenters. The lowest BCUT2D eigenvalue weighted by Gasteiger charge is -2.38. The second-order valence-corrected chi connectivity index (χ2v) is 7.35. The highest BCUT2D eigenvalue weighted by Crippen LogP contribution is 2.31. The molecular formula is C17H36N2. The van der Waals surface area contributed by atoms with E-state index in [1.54, 1.807) is 0 Å². The molecule has 1 saturated heterocycles. The van der Waals surface area contributed by atoms with Crippen molar-refractivity contribution in [3.8, 4) is 0 Å². The summed E-state index contributed by atoms with van der Waals surface area (Å²) in [6, 6.07) is 1.60. The Morgan fingerprint density at radius 2 is 1.95 bits per heavy atom. The predicted octanol–water partition coefficient (Wildman–Crippen LogP) is 3.91. The molecule has 1 rings (SSSR count). The average molecular weight is 268 g/mol. The Morgan fingerprint density at radius 1 is 1.26 bits per heavy atom. The third-order valence-electron chi connectivity index (χ3n) is 4.95. The van der Waals surface area contributed by atoms with E-state index in [0.717, 1.165) is 31.1 Å². The fraction of sp³-hybridized carbons (Fsp3) is 1.00. The Bertz CT molecular complexity index is 252. The van der Waals surface area contributed by atoms with Crippen LogP contribution >= 0.6 is 0 Å². The molecule has 0 radical (unpaired) electrons. The minimum Gasteiger partial charge on any atom is -0.316 e. The first-order valence-corrected chi connectivity index (χ1v) is 8.38. The van der Waals surface area contributed by atoms with Gasteiger partial charge in [-0.2, -0.15) is 0 Å². The first-order chi connectivity index (χ1) is 8.91. The molecule has 1 fully saturated rings. The smallest absolute Gasteiger partial charge is 0.00962 e. The number of hydrogen-bond donors (Lipinski definition) is 1. The summed E-state index contributed by atoms with van der Waals surface area (Å²) >= 11 is 0. The van der Waals surface area contributed by atoms with Crippen molar-refractivity contribution < 1.29 is 0 Å². The number of hydrogen-bond acceptors (Lipinski definition) is 2. The van der Waals surface area contributed by atoms with Crippen LogP contribution in [0.25, 0.3) is 0 Å². The topological polar surface area (TPSA) is 15.3 Å². The van der Waals surface area contributed by atoms with Crippen molar-refractivity contribution in [2.24, 2.45) is 11.3 Å². The van der Waals surface area contributed by atoms with Gasteiger partial charge >= 0.3 is 0 Å². The maximum Gasteiger partial charge on any atom is 0.00962 e. The minimum atomic E-state index is 0.418. The number of rotatable bonds is 8. The van der Waals surface area contributed by atoms with Crippen molar-refractivity contribution in [2.75, 3.05) is 19.6 Å². The van der Waals surface area contributed by atoms with Gasteiger partial charge in [0.25, 0.3) is 0 Å². The second-order valence-electron chi connectivity index (χ2n) is 7.35. The fourth-order valence-electron chi connectivity index (χ4n) is 3.24. The van der Waals surface area contributed by atoms with Crippen molar-refractivity contribution in [3.05, 3.63) is 0 Å². The van der Waals surface area contributed by atoms with Crippen molar-refractivity contribution in [1.29, 1.82) is 0 Å². The van der Waals surface area contributed by atoms with Gasteiger partial charge in [0.1, 0.15) is 0 Å². The van der Waals surface area contributed by atoms with Gasteiger partial charge in [-0.25, -0.2) is 0 Å². The Hall–Kier alpha value is -0.0800. The third-order valence-corrected chi connectivity index (χ3v) is 4.95. The number of nitrogens with zero attached hydrogens (tertiary/aromatic N) is 1. The van der Waals surface area contributed by atoms with Crippen LogP contribution in [-0.4, -0.2) is 36.6 Å². The van der Waals surface area contributed by atoms with E-state index in [0.29, 0.717) is 5.41 Å². The SMILES string of the molecule is CCC1CCC(C)N1CC(C)(CC)CNCC(C)C. The quantitative estimate of drug-likeness (QED) is 0.718. The third kappa shape index (κ3) is 5.07. The molecule has 0 aromatic carbocycles. The monoisotopic (exact) mass is 268 g/mol. The lowest BCUT2D eigenvalue weighted by Crippen LogP contribution is -2.46. The summed E-state index contributed by atoms with van der Waals surface area (Å²) in [5.41, 5.74) is 0.418. The molecule has 0 spiro atoms. The largest absolute Gasteiger partial charge is 0.316 e. The van der Waals surface area contributed by atoms with Crippen LogP contribution in [0, 0.1) is 11.3 Å². The first-order valence-electron chi connectivity index (χ1n) is 8.38. The van der Waals surface area contributed by atoms with E-state index in [1.807, 2.05) is 0 Å². The van der Waals surface area contributed by atoms with Crippen molar-refractivity contribution in [1.82, 2.24) is 10.2 Å². The van der Waals surface area contributed by atoms with Crippen molar-refractivity contribution >= 4 is 0 Å². The Morgan fingerprint density at radius 3 is 2.47 bits per heavy atom. The van der Waals surface area contributed by atoms with Gasteiger partial charge in [0, 0.05) is 25.2 Å². The summed E-state index contributed by atoms with van der Waals surface area (Å²) < 4.78 is 0. The molecule has 0 amide bonds. The molecule has 2 nitrogen and oxygen atoms in total. The fourth-order valence-corrected chi connectivity index (χ4v) is 3.24. The van der Waals surface area contributed by atoms with Crippen LogP contribution in [0.3, 0.4) is 0 Å². The van der Waals surface area contributed by atoms with Crippen LogP contribution in [0.4, 0.5) is 0 Å². The Labute approximate surface area is 121 Å². The zero-order valence-corrected chi connectivity index (χ0v) is 14.1. The van der Waals surface area contributed by atoms with Gasteiger partial charge in [-0.05, 0) is 50.5 Å². The van der Waals surface area contributed by atoms with Crippen molar-refractivity contribution in [3.63, 3.8) is 0 Å². The highest BCUT2D eigenvalue weighted by molar-refractivity contribution is 4.89. The van der Waals surface area contributed by atoms with Gasteiger partial charge in [-0.1, -0.05) is 34.6 Å². The van der Waals surface area contributed by atoms with Crippen LogP contribution in [0.5, 0.6) is 0 Å². The highest BCUT2D eigenvalue weighted by atomic mass is 15.2. The van der Waals surface area contributed by atoms with E-state index in [9.17, 15) is 0 Å². The zero-order chi connectivity index (χ0) is 14.5. The van der Waals surface area contributed by atoms with Gasteiger partial charge in [0.2, 0.25) is 0 Å². The van der Waals surface area contributed by atoms with Crippen LogP contribution in [-0.2, 0) is 0 Å². The normalized spacial score (nSPS) is 27.9. The van der Waals surface area contributed by atoms with Crippen LogP contribution in [0.1, 0.15) is 67.2 Å². The van der Waals surface area contributed by atoms with E-state index < -0.39 is 0 Å². The second kappa shape index (κ2) is 7.64. The van der Waals surface area contributed by atoms with E-state index in [-0.39, 0.29) is 0 Å². The Kier molecular flexibility index (Phi) is 6.82. The van der Waals surface area contributed by atoms with E-state index in [1.165, 1.54) is 32.2 Å². The van der Waals surface area contributed by atoms with Crippen LogP contribution < -0.4 is 5.32 Å². The Balaban J connectivity index is 2.53. The zero-order valence-electron chi connectivity index (χ0n) is 14.1. The van der Waals surface area contributed by atoms with E-state index in [4.69, 9.17) is 0 Å². The molecule has 0 bridgehead atoms. The van der Waals surface area contributed by atoms with Crippen LogP contribution in [0.15, 0.2) is 0 Å². The first kappa shape index (κ1) is 17.0. The maximum absolute atomic E-state index is 3.67. The summed E-state index contributed by atoms with van der Waals surface area (Å²) in [5, 5.41) is 3.67. The molecule has 0 aromatic rings. The molecule has 2 heteroatoms. The molecule has 3 atom stereocenters. The van der Waals surface area contributed by atoms with Gasteiger partial charge in [-0.3, -0.25) is 4.90 Å². The molecule has 1 aliphatic rings. The highest BCUT2D eigenvalue weighted by Gasteiger charge is 2.34. The minimum absolute atomic E-state index is 0.418. The molecule has 114 valence electrons. The average Bonchev–Trinajstić information content (AvgIpc) is 2.70. The molecule has 1 N–H and O–H groups in total. The van der Waals surface area contributed by atoms with Gasteiger partial charge < -0.3 is 5.32 Å². The number of likely N-dealkylation sites (tertiary alicyclic amines) is 1. The predicted molar refractivity (Wildman–Crippen MR) is 85.6 cm³/mol.